The zero-order chi connectivity index (χ0) is 18.8. The van der Waals surface area contributed by atoms with E-state index in [1.54, 1.807) is 24.5 Å². The molecule has 27 heavy (non-hydrogen) atoms. The third kappa shape index (κ3) is 4.83. The SMILES string of the molecule is Oc1c(Br)cc(Br)c2cccnc12.Oc1c(Br)cc(Br)c2cccnc12.[Cu+2]. The van der Waals surface area contributed by atoms with Crippen LogP contribution in [0.1, 0.15) is 0 Å². The average molecular weight is 669 g/mol. The molecule has 0 aliphatic rings. The minimum atomic E-state index is 0. The second-order valence-corrected chi connectivity index (χ2v) is 8.59. The molecular weight excluding hydrogens is 659 g/mol. The van der Waals surface area contributed by atoms with Crippen LogP contribution in [0.15, 0.2) is 66.7 Å². The molecule has 9 heteroatoms. The summed E-state index contributed by atoms with van der Waals surface area (Å²) in [5.41, 5.74) is 1.20. The molecule has 4 rings (SSSR count). The van der Waals surface area contributed by atoms with Crippen LogP contribution in [-0.4, -0.2) is 20.2 Å². The van der Waals surface area contributed by atoms with Crippen molar-refractivity contribution in [3.8, 4) is 11.5 Å². The summed E-state index contributed by atoms with van der Waals surface area (Å²) in [7, 11) is 0. The molecule has 0 aliphatic heterocycles. The standard InChI is InChI=1S/2C9H5Br2NO.Cu/c2*10-6-4-7(11)9(13)8-5(6)2-1-3-12-8;/h2*1-4,13H;/q;;+2. The van der Waals surface area contributed by atoms with E-state index in [1.807, 2.05) is 24.3 Å². The molecule has 4 aromatic rings. The number of aromatic nitrogens is 2. The molecular formula is C18H10Br4CuN2O2+2. The molecule has 0 saturated heterocycles. The minimum Gasteiger partial charge on any atom is -0.505 e. The summed E-state index contributed by atoms with van der Waals surface area (Å²) in [4.78, 5) is 8.18. The fraction of sp³-hybridized carbons (Fsp3) is 0. The van der Waals surface area contributed by atoms with Crippen molar-refractivity contribution in [1.82, 2.24) is 9.97 Å². The van der Waals surface area contributed by atoms with Crippen LogP contribution in [-0.2, 0) is 17.1 Å². The van der Waals surface area contributed by atoms with E-state index in [0.29, 0.717) is 20.0 Å². The summed E-state index contributed by atoms with van der Waals surface area (Å²) < 4.78 is 3.12. The molecule has 0 atom stereocenters. The van der Waals surface area contributed by atoms with Gasteiger partial charge in [0.25, 0.3) is 0 Å². The summed E-state index contributed by atoms with van der Waals surface area (Å²) >= 11 is 13.3. The topological polar surface area (TPSA) is 66.2 Å². The first-order valence-electron chi connectivity index (χ1n) is 7.23. The number of phenolic OH excluding ortho intramolecular Hbond substituents is 2. The number of fused-ring (bicyclic) bond motifs is 2. The van der Waals surface area contributed by atoms with Gasteiger partial charge in [0.1, 0.15) is 11.0 Å². The van der Waals surface area contributed by atoms with E-state index in [0.717, 1.165) is 19.7 Å². The maximum Gasteiger partial charge on any atom is 2.00 e. The van der Waals surface area contributed by atoms with Crippen molar-refractivity contribution in [3.05, 3.63) is 66.7 Å². The van der Waals surface area contributed by atoms with E-state index in [4.69, 9.17) is 0 Å². The number of halogens is 4. The van der Waals surface area contributed by atoms with Gasteiger partial charge in [0, 0.05) is 32.1 Å². The molecule has 2 aromatic carbocycles. The summed E-state index contributed by atoms with van der Waals surface area (Å²) in [6.07, 6.45) is 3.31. The third-order valence-electron chi connectivity index (χ3n) is 3.54. The molecule has 2 heterocycles. The monoisotopic (exact) mass is 665 g/mol. The molecule has 0 saturated carbocycles. The van der Waals surface area contributed by atoms with Crippen molar-refractivity contribution in [2.75, 3.05) is 0 Å². The van der Waals surface area contributed by atoms with Gasteiger partial charge in [-0.15, -0.1) is 0 Å². The number of phenols is 2. The molecule has 0 unspecified atom stereocenters. The van der Waals surface area contributed by atoms with Gasteiger partial charge in [0.15, 0.2) is 11.5 Å². The van der Waals surface area contributed by atoms with Gasteiger partial charge >= 0.3 is 17.1 Å². The Labute approximate surface area is 199 Å². The van der Waals surface area contributed by atoms with Crippen LogP contribution in [0.4, 0.5) is 0 Å². The largest absolute Gasteiger partial charge is 2.00 e. The Hall–Kier alpha value is -0.701. The number of nitrogens with zero attached hydrogens (tertiary/aromatic N) is 2. The minimum absolute atomic E-state index is 0. The first kappa shape index (κ1) is 22.6. The summed E-state index contributed by atoms with van der Waals surface area (Å²) in [6, 6.07) is 11.1. The normalized spacial score (nSPS) is 10.2. The molecule has 0 fully saturated rings. The van der Waals surface area contributed by atoms with E-state index in [1.165, 1.54) is 0 Å². The number of pyridine rings is 2. The Bertz CT molecular complexity index is 1040. The fourth-order valence-corrected chi connectivity index (χ4v) is 4.86. The fourth-order valence-electron chi connectivity index (χ4n) is 2.31. The van der Waals surface area contributed by atoms with Crippen molar-refractivity contribution in [1.29, 1.82) is 0 Å². The van der Waals surface area contributed by atoms with Gasteiger partial charge in [-0.25, -0.2) is 0 Å². The Morgan fingerprint density at radius 1 is 0.630 bits per heavy atom. The number of rotatable bonds is 0. The van der Waals surface area contributed by atoms with Crippen molar-refractivity contribution in [3.63, 3.8) is 0 Å². The molecule has 0 amide bonds. The maximum absolute atomic E-state index is 9.65. The van der Waals surface area contributed by atoms with Crippen LogP contribution in [0.25, 0.3) is 21.8 Å². The predicted octanol–water partition coefficient (Wildman–Crippen LogP) is 6.93. The van der Waals surface area contributed by atoms with Gasteiger partial charge < -0.3 is 10.2 Å². The molecule has 1 radical (unpaired) electrons. The van der Waals surface area contributed by atoms with Crippen molar-refractivity contribution in [2.45, 2.75) is 0 Å². The van der Waals surface area contributed by atoms with E-state index in [9.17, 15) is 10.2 Å². The number of hydrogen-bond acceptors (Lipinski definition) is 4. The Kier molecular flexibility index (Phi) is 8.09. The first-order chi connectivity index (χ1) is 12.4. The zero-order valence-electron chi connectivity index (χ0n) is 13.2. The van der Waals surface area contributed by atoms with Crippen LogP contribution in [0.5, 0.6) is 11.5 Å². The van der Waals surface area contributed by atoms with E-state index >= 15 is 0 Å². The van der Waals surface area contributed by atoms with Crippen LogP contribution < -0.4 is 0 Å². The van der Waals surface area contributed by atoms with Crippen molar-refractivity contribution < 1.29 is 27.3 Å². The van der Waals surface area contributed by atoms with Gasteiger partial charge in [-0.1, -0.05) is 44.0 Å². The molecule has 0 aliphatic carbocycles. The van der Waals surface area contributed by atoms with E-state index in [-0.39, 0.29) is 28.6 Å². The Balaban J connectivity index is 0.000000187. The first-order valence-corrected chi connectivity index (χ1v) is 10.4. The number of benzene rings is 2. The van der Waals surface area contributed by atoms with Crippen LogP contribution in [0.2, 0.25) is 0 Å². The average Bonchev–Trinajstić information content (AvgIpc) is 2.65. The van der Waals surface area contributed by atoms with E-state index < -0.39 is 0 Å². The molecule has 141 valence electrons. The maximum atomic E-state index is 9.65. The van der Waals surface area contributed by atoms with E-state index in [2.05, 4.69) is 73.7 Å². The summed E-state index contributed by atoms with van der Waals surface area (Å²) in [5.74, 6) is 0.359. The van der Waals surface area contributed by atoms with Gasteiger partial charge in [0.2, 0.25) is 0 Å². The summed E-state index contributed by atoms with van der Waals surface area (Å²) in [6.45, 7) is 0. The Morgan fingerprint density at radius 3 is 1.37 bits per heavy atom. The molecule has 2 N–H and O–H groups in total. The quantitative estimate of drug-likeness (QED) is 0.200. The van der Waals surface area contributed by atoms with Crippen LogP contribution >= 0.6 is 63.7 Å². The third-order valence-corrected chi connectivity index (χ3v) is 6.06. The van der Waals surface area contributed by atoms with Crippen LogP contribution in [0.3, 0.4) is 0 Å². The number of aromatic hydroxyl groups is 2. The molecule has 0 spiro atoms. The smallest absolute Gasteiger partial charge is 0.505 e. The van der Waals surface area contributed by atoms with Crippen LogP contribution in [0, 0.1) is 0 Å². The van der Waals surface area contributed by atoms with Gasteiger partial charge in [-0.3, -0.25) is 9.97 Å². The molecule has 2 aromatic heterocycles. The van der Waals surface area contributed by atoms with Gasteiger partial charge in [0.05, 0.1) is 8.95 Å². The second kappa shape index (κ2) is 9.67. The van der Waals surface area contributed by atoms with Gasteiger partial charge in [-0.2, -0.15) is 0 Å². The number of hydrogen-bond donors (Lipinski definition) is 2. The zero-order valence-corrected chi connectivity index (χ0v) is 20.5. The van der Waals surface area contributed by atoms with Crippen molar-refractivity contribution in [2.24, 2.45) is 0 Å². The summed E-state index contributed by atoms with van der Waals surface area (Å²) in [5, 5.41) is 21.1. The van der Waals surface area contributed by atoms with Crippen molar-refractivity contribution >= 4 is 85.5 Å². The van der Waals surface area contributed by atoms with Gasteiger partial charge in [-0.05, 0) is 56.1 Å². The second-order valence-electron chi connectivity index (χ2n) is 5.18. The Morgan fingerprint density at radius 2 is 1.00 bits per heavy atom. The predicted molar refractivity (Wildman–Crippen MR) is 118 cm³/mol. The molecule has 0 bridgehead atoms. The molecule has 4 nitrogen and oxygen atoms in total.